The zero-order valence-corrected chi connectivity index (χ0v) is 10.8. The first-order chi connectivity index (χ1) is 7.66. The van der Waals surface area contributed by atoms with Crippen molar-refractivity contribution in [1.82, 2.24) is 0 Å². The smallest absolute Gasteiger partial charge is 0.00934 e. The second-order valence-corrected chi connectivity index (χ2v) is 35.1. The van der Waals surface area contributed by atoms with Gasteiger partial charge in [0.15, 0.2) is 0 Å². The minimum Gasteiger partial charge on any atom is -0.152 e. The SMILES string of the molecule is [CH]12[CH]3[CH]4[CH]5[CH]1[Fe]23451678[CH]2[CH]1[CH]6[CH]7[CH]28.c1ccsc1. The summed E-state index contributed by atoms with van der Waals surface area (Å²) >= 11 is 1.71. The van der Waals surface area contributed by atoms with Gasteiger partial charge in [0.1, 0.15) is 0 Å². The summed E-state index contributed by atoms with van der Waals surface area (Å²) in [5, 5.41) is 4.08. The second kappa shape index (κ2) is 0.478. The molecule has 0 aliphatic carbocycles. The van der Waals surface area contributed by atoms with Gasteiger partial charge in [-0.15, -0.1) is 0 Å². The normalized spacial score (nSPS) is 120. The number of thiophene rings is 1. The van der Waals surface area contributed by atoms with E-state index in [1.807, 2.05) is 22.9 Å². The van der Waals surface area contributed by atoms with Gasteiger partial charge in [0.05, 0.1) is 0 Å². The van der Waals surface area contributed by atoms with E-state index in [9.17, 15) is 0 Å². The molecule has 0 N–H and O–H groups in total. The van der Waals surface area contributed by atoms with Crippen molar-refractivity contribution < 1.29 is 6.51 Å². The molecule has 0 atom stereocenters. The van der Waals surface area contributed by atoms with Crippen LogP contribution in [-0.4, -0.2) is 0 Å². The Morgan fingerprint density at radius 1 is 0.562 bits per heavy atom. The van der Waals surface area contributed by atoms with Gasteiger partial charge in [-0.3, -0.25) is 0 Å². The van der Waals surface area contributed by atoms with Gasteiger partial charge in [-0.1, -0.05) is 12.1 Å². The Hall–Kier alpha value is 0.219. The van der Waals surface area contributed by atoms with E-state index in [1.54, 1.807) is 59.5 Å². The molecule has 0 radical (unpaired) electrons. The van der Waals surface area contributed by atoms with Crippen LogP contribution in [-0.2, 0) is 6.51 Å². The van der Waals surface area contributed by atoms with Gasteiger partial charge < -0.3 is 0 Å². The summed E-state index contributed by atoms with van der Waals surface area (Å²) in [5.74, 6) is 0. The van der Waals surface area contributed by atoms with Gasteiger partial charge in [-0.2, -0.15) is 11.3 Å². The zero-order valence-electron chi connectivity index (χ0n) is 8.84. The first-order valence-corrected chi connectivity index (χ1v) is 14.2. The molecule has 10 aliphatic heterocycles. The first kappa shape index (κ1) is 5.91. The largest absolute Gasteiger partial charge is 0.152 e. The van der Waals surface area contributed by atoms with Crippen molar-refractivity contribution in [3.63, 3.8) is 0 Å². The summed E-state index contributed by atoms with van der Waals surface area (Å²) < 4.78 is 0. The molecule has 16 heavy (non-hydrogen) atoms. The Kier molecular flexibility index (Phi) is 0.177. The zero-order chi connectivity index (χ0) is 9.63. The van der Waals surface area contributed by atoms with Crippen molar-refractivity contribution in [2.45, 2.75) is 48.2 Å². The Morgan fingerprint density at radius 3 is 0.938 bits per heavy atom. The quantitative estimate of drug-likeness (QED) is 0.574. The van der Waals surface area contributed by atoms with Crippen LogP contribution in [0.15, 0.2) is 22.9 Å². The molecule has 0 saturated carbocycles. The number of rotatable bonds is 0. The molecule has 84 valence electrons. The molecule has 1 aromatic rings. The average molecular weight is 270 g/mol. The summed E-state index contributed by atoms with van der Waals surface area (Å²) in [5.41, 5.74) is 0. The van der Waals surface area contributed by atoms with Crippen molar-refractivity contribution in [1.29, 1.82) is 0 Å². The van der Waals surface area contributed by atoms with E-state index >= 15 is 0 Å². The van der Waals surface area contributed by atoms with Gasteiger partial charge in [-0.05, 0) is 10.8 Å². The third-order valence-electron chi connectivity index (χ3n) is 15.0. The van der Waals surface area contributed by atoms with Gasteiger partial charge in [0.2, 0.25) is 0 Å². The predicted molar refractivity (Wildman–Crippen MR) is 61.8 cm³/mol. The maximum absolute atomic E-state index is 2.28. The molecule has 11 heterocycles. The van der Waals surface area contributed by atoms with E-state index in [2.05, 4.69) is 0 Å². The third kappa shape index (κ3) is 0.0590. The van der Waals surface area contributed by atoms with Crippen LogP contribution in [0.3, 0.4) is 0 Å². The molecular weight excluding hydrogens is 256 g/mol. The van der Waals surface area contributed by atoms with Crippen molar-refractivity contribution in [2.75, 3.05) is 0 Å². The van der Waals surface area contributed by atoms with Crippen LogP contribution in [0.2, 0.25) is 48.2 Å². The number of fused-ring (bicyclic) bond motifs is 10. The molecule has 2 heteroatoms. The Labute approximate surface area is 88.7 Å². The molecule has 1 spiro atoms. The summed E-state index contributed by atoms with van der Waals surface area (Å²) in [6.45, 7) is -2.28. The summed E-state index contributed by atoms with van der Waals surface area (Å²) in [7, 11) is 0. The molecule has 1 aromatic heterocycles. The average Bonchev–Trinajstić information content (AvgIpc) is 3.27. The van der Waals surface area contributed by atoms with Crippen molar-refractivity contribution in [3.8, 4) is 0 Å². The summed E-state index contributed by atoms with van der Waals surface area (Å²) in [6, 6.07) is 4.04. The van der Waals surface area contributed by atoms with E-state index < -0.39 is 6.51 Å². The van der Waals surface area contributed by atoms with E-state index in [0.717, 1.165) is 0 Å². The van der Waals surface area contributed by atoms with Gasteiger partial charge >= 0.3 is 54.7 Å². The Bertz CT molecular complexity index is 742. The first-order valence-electron chi connectivity index (χ1n) is 6.85. The van der Waals surface area contributed by atoms with Crippen molar-refractivity contribution in [3.05, 3.63) is 22.9 Å². The van der Waals surface area contributed by atoms with Crippen LogP contribution in [0.4, 0.5) is 0 Å². The standard InChI is InChI=1S/2C5H5.C4H4S.Fe/c3*1-2-4-5-3-1;/h2*1-5H;1-4H;. The van der Waals surface area contributed by atoms with Crippen LogP contribution in [0.25, 0.3) is 0 Å². The van der Waals surface area contributed by atoms with Gasteiger partial charge in [0.25, 0.3) is 0 Å². The molecule has 0 unspecified atom stereocenters. The van der Waals surface area contributed by atoms with Crippen LogP contribution in [0.1, 0.15) is 0 Å². The fraction of sp³-hybridized carbons (Fsp3) is 0.714. The van der Waals surface area contributed by atoms with Gasteiger partial charge in [0, 0.05) is 0 Å². The van der Waals surface area contributed by atoms with Crippen molar-refractivity contribution >= 4 is 11.3 Å². The maximum atomic E-state index is 2.04. The molecule has 0 amide bonds. The maximum Gasteiger partial charge on any atom is -0.00934 e. The molecule has 10 aliphatic rings. The van der Waals surface area contributed by atoms with E-state index in [0.29, 0.717) is 0 Å². The minimum atomic E-state index is -2.28. The Balaban J connectivity index is 0.000000101. The monoisotopic (exact) mass is 270 g/mol. The molecule has 10 saturated heterocycles. The number of hydrogen-bond acceptors (Lipinski definition) is 1. The number of hydrogen-bond donors (Lipinski definition) is 0. The molecule has 10 fully saturated rings. The topological polar surface area (TPSA) is 0 Å². The molecular formula is C14H14FeS. The van der Waals surface area contributed by atoms with Crippen LogP contribution >= 0.6 is 11.3 Å². The van der Waals surface area contributed by atoms with E-state index in [4.69, 9.17) is 0 Å². The fourth-order valence-electron chi connectivity index (χ4n) is 16.0. The minimum absolute atomic E-state index is 1.59. The van der Waals surface area contributed by atoms with Crippen LogP contribution in [0, 0.1) is 0 Å². The predicted octanol–water partition coefficient (Wildman–Crippen LogP) is 5.12. The third-order valence-corrected chi connectivity index (χ3v) is 57.5. The second-order valence-electron chi connectivity index (χ2n) is 10.4. The molecule has 0 nitrogen and oxygen atoms in total. The van der Waals surface area contributed by atoms with Gasteiger partial charge in [-0.25, -0.2) is 0 Å². The van der Waals surface area contributed by atoms with E-state index in [1.165, 1.54) is 0 Å². The van der Waals surface area contributed by atoms with Crippen LogP contribution < -0.4 is 0 Å². The van der Waals surface area contributed by atoms with E-state index in [-0.39, 0.29) is 0 Å². The fourth-order valence-corrected chi connectivity index (χ4v) is 88.7. The molecule has 11 rings (SSSR count). The summed E-state index contributed by atoms with van der Waals surface area (Å²) in [6.07, 6.45) is 0. The molecule has 0 bridgehead atoms. The van der Waals surface area contributed by atoms with Crippen molar-refractivity contribution in [2.24, 2.45) is 0 Å². The van der Waals surface area contributed by atoms with Crippen LogP contribution in [0.5, 0.6) is 0 Å². The Morgan fingerprint density at radius 2 is 0.875 bits per heavy atom. The summed E-state index contributed by atoms with van der Waals surface area (Å²) in [4.78, 5) is 15.9. The molecule has 0 aromatic carbocycles.